The van der Waals surface area contributed by atoms with Crippen LogP contribution in [0.2, 0.25) is 0 Å². The van der Waals surface area contributed by atoms with Crippen LogP contribution in [0.5, 0.6) is 0 Å². The number of amides is 5. The van der Waals surface area contributed by atoms with Gasteiger partial charge < -0.3 is 16.4 Å². The van der Waals surface area contributed by atoms with E-state index in [9.17, 15) is 48.0 Å². The third kappa shape index (κ3) is 23.5. The Kier molecular flexibility index (Phi) is 21.9. The van der Waals surface area contributed by atoms with Gasteiger partial charge in [-0.2, -0.15) is 8.42 Å². The lowest BCUT2D eigenvalue weighted by Gasteiger charge is -2.16. The standard InChI is InChI=1S/C26H50N6O11S/c1-21(33)30(38)17-7-2-5-15-28-23(34)11-13-25(36)31(39)18-8-3-6-16-29-24(35)12-14-26(37)32(40)19-9-4-10-22(27)20-44(41,42)43/h22,38-40H,2-20,27H2,1H3,(H,28,34)(H,29,35)(H,41,42,43). The number of nitrogens with zero attached hydrogens (tertiary/aromatic N) is 3. The third-order valence-corrected chi connectivity index (χ3v) is 7.28. The van der Waals surface area contributed by atoms with E-state index in [0.717, 1.165) is 0 Å². The van der Waals surface area contributed by atoms with Crippen molar-refractivity contribution in [2.24, 2.45) is 5.73 Å². The van der Waals surface area contributed by atoms with E-state index in [2.05, 4.69) is 10.6 Å². The minimum Gasteiger partial charge on any atom is -0.356 e. The van der Waals surface area contributed by atoms with Crippen LogP contribution in [0.25, 0.3) is 0 Å². The topological polar surface area (TPSA) is 260 Å². The molecule has 1 atom stereocenters. The second-order valence-corrected chi connectivity index (χ2v) is 12.0. The fraction of sp³-hybridized carbons (Fsp3) is 0.808. The van der Waals surface area contributed by atoms with Crippen molar-refractivity contribution in [3.05, 3.63) is 0 Å². The number of unbranched alkanes of at least 4 members (excludes halogenated alkanes) is 5. The van der Waals surface area contributed by atoms with Crippen molar-refractivity contribution in [3.8, 4) is 0 Å². The number of hydrogen-bond donors (Lipinski definition) is 7. The summed E-state index contributed by atoms with van der Waals surface area (Å²) < 4.78 is 30.3. The fourth-order valence-electron chi connectivity index (χ4n) is 3.89. The maximum absolute atomic E-state index is 12.0. The average Bonchev–Trinajstić information content (AvgIpc) is 2.94. The Morgan fingerprint density at radius 1 is 0.659 bits per heavy atom. The molecule has 256 valence electrons. The second kappa shape index (κ2) is 23.5. The number of hydrogen-bond acceptors (Lipinski definition) is 11. The molecule has 0 aromatic heterocycles. The summed E-state index contributed by atoms with van der Waals surface area (Å²) in [6.07, 6.45) is 4.13. The molecule has 0 aliphatic heterocycles. The minimum atomic E-state index is -4.16. The lowest BCUT2D eigenvalue weighted by atomic mass is 10.1. The van der Waals surface area contributed by atoms with E-state index >= 15 is 0 Å². The van der Waals surface area contributed by atoms with Gasteiger partial charge in [0.25, 0.3) is 10.1 Å². The molecule has 0 spiro atoms. The van der Waals surface area contributed by atoms with Crippen LogP contribution >= 0.6 is 0 Å². The largest absolute Gasteiger partial charge is 0.356 e. The highest BCUT2D eigenvalue weighted by atomic mass is 32.2. The van der Waals surface area contributed by atoms with Gasteiger partial charge in [0.1, 0.15) is 0 Å². The Labute approximate surface area is 258 Å². The van der Waals surface area contributed by atoms with Crippen LogP contribution < -0.4 is 16.4 Å². The zero-order valence-electron chi connectivity index (χ0n) is 25.5. The van der Waals surface area contributed by atoms with Gasteiger partial charge in [0.05, 0.1) is 5.75 Å². The summed E-state index contributed by atoms with van der Waals surface area (Å²) in [6.45, 7) is 2.27. The van der Waals surface area contributed by atoms with E-state index in [1.54, 1.807) is 0 Å². The molecule has 0 aliphatic rings. The number of carbonyl (C=O) groups is 5. The van der Waals surface area contributed by atoms with Crippen molar-refractivity contribution in [2.45, 2.75) is 96.4 Å². The molecule has 0 fully saturated rings. The quantitative estimate of drug-likeness (QED) is 0.0301. The van der Waals surface area contributed by atoms with Gasteiger partial charge >= 0.3 is 0 Å². The lowest BCUT2D eigenvalue weighted by Crippen LogP contribution is -2.32. The van der Waals surface area contributed by atoms with Crippen molar-refractivity contribution in [3.63, 3.8) is 0 Å². The summed E-state index contributed by atoms with van der Waals surface area (Å²) in [6, 6.07) is -0.748. The van der Waals surface area contributed by atoms with Crippen molar-refractivity contribution in [2.75, 3.05) is 38.5 Å². The summed E-state index contributed by atoms with van der Waals surface area (Å²) in [4.78, 5) is 58.7. The second-order valence-electron chi connectivity index (χ2n) is 10.5. The molecule has 0 aliphatic carbocycles. The molecule has 0 saturated carbocycles. The first-order chi connectivity index (χ1) is 20.6. The molecule has 0 aromatic rings. The van der Waals surface area contributed by atoms with Crippen LogP contribution in [0.1, 0.15) is 90.4 Å². The first kappa shape index (κ1) is 41.1. The first-order valence-corrected chi connectivity index (χ1v) is 16.4. The molecule has 5 amide bonds. The van der Waals surface area contributed by atoms with Crippen LogP contribution in [0.15, 0.2) is 0 Å². The minimum absolute atomic E-state index is 0.00667. The van der Waals surface area contributed by atoms with E-state index in [1.165, 1.54) is 6.92 Å². The van der Waals surface area contributed by atoms with Crippen molar-refractivity contribution >= 4 is 39.7 Å². The van der Waals surface area contributed by atoms with Gasteiger partial charge in [0, 0.05) is 71.4 Å². The molecule has 0 aromatic carbocycles. The lowest BCUT2D eigenvalue weighted by molar-refractivity contribution is -0.166. The highest BCUT2D eigenvalue weighted by molar-refractivity contribution is 7.85. The fourth-order valence-corrected chi connectivity index (χ4v) is 4.59. The highest BCUT2D eigenvalue weighted by Crippen LogP contribution is 2.05. The number of hydroxylamine groups is 6. The zero-order valence-corrected chi connectivity index (χ0v) is 26.3. The van der Waals surface area contributed by atoms with Gasteiger partial charge in [-0.25, -0.2) is 15.2 Å². The van der Waals surface area contributed by atoms with Crippen LogP contribution in [-0.2, 0) is 34.1 Å². The SMILES string of the molecule is CC(=O)N(O)CCCCCNC(=O)CCC(=O)N(O)CCCCCNC(=O)CCC(=O)N(O)CCCCC(N)CS(=O)(=O)O. The van der Waals surface area contributed by atoms with Crippen LogP contribution in [0.3, 0.4) is 0 Å². The van der Waals surface area contributed by atoms with Crippen LogP contribution in [-0.4, -0.2) is 118 Å². The summed E-state index contributed by atoms with van der Waals surface area (Å²) in [5, 5.41) is 36.0. The predicted octanol–water partition coefficient (Wildman–Crippen LogP) is 0.179. The predicted molar refractivity (Wildman–Crippen MR) is 157 cm³/mol. The van der Waals surface area contributed by atoms with E-state index in [1.807, 2.05) is 0 Å². The summed E-state index contributed by atoms with van der Waals surface area (Å²) >= 11 is 0. The first-order valence-electron chi connectivity index (χ1n) is 14.8. The number of nitrogens with two attached hydrogens (primary N) is 1. The molecule has 8 N–H and O–H groups in total. The van der Waals surface area contributed by atoms with E-state index in [0.29, 0.717) is 79.6 Å². The number of carbonyl (C=O) groups excluding carboxylic acids is 5. The smallest absolute Gasteiger partial charge is 0.266 e. The number of rotatable bonds is 25. The molecule has 1 unspecified atom stereocenters. The molecule has 0 radical (unpaired) electrons. The van der Waals surface area contributed by atoms with Gasteiger partial charge in [-0.3, -0.25) is 44.1 Å². The van der Waals surface area contributed by atoms with E-state index in [-0.39, 0.29) is 63.6 Å². The zero-order chi connectivity index (χ0) is 33.5. The molecule has 44 heavy (non-hydrogen) atoms. The maximum Gasteiger partial charge on any atom is 0.266 e. The molecule has 0 bridgehead atoms. The average molecular weight is 655 g/mol. The Balaban J connectivity index is 3.82. The molecule has 0 heterocycles. The molecule has 18 heteroatoms. The van der Waals surface area contributed by atoms with Gasteiger partial charge in [0.15, 0.2) is 0 Å². The molecule has 0 rings (SSSR count). The monoisotopic (exact) mass is 654 g/mol. The van der Waals surface area contributed by atoms with E-state index in [4.69, 9.17) is 10.3 Å². The molecule has 17 nitrogen and oxygen atoms in total. The van der Waals surface area contributed by atoms with E-state index < -0.39 is 39.6 Å². The van der Waals surface area contributed by atoms with Gasteiger partial charge in [0.2, 0.25) is 29.5 Å². The summed E-state index contributed by atoms with van der Waals surface area (Å²) in [7, 11) is -4.16. The summed E-state index contributed by atoms with van der Waals surface area (Å²) in [5.74, 6) is -2.90. The Morgan fingerprint density at radius 2 is 1.07 bits per heavy atom. The normalized spacial score (nSPS) is 11.9. The van der Waals surface area contributed by atoms with Crippen LogP contribution in [0.4, 0.5) is 0 Å². The Hall–Kier alpha value is -2.90. The number of nitrogens with one attached hydrogen (secondary N) is 2. The molecular weight excluding hydrogens is 604 g/mol. The third-order valence-electron chi connectivity index (χ3n) is 6.43. The van der Waals surface area contributed by atoms with Crippen molar-refractivity contribution in [1.29, 1.82) is 0 Å². The van der Waals surface area contributed by atoms with Gasteiger partial charge in [-0.15, -0.1) is 0 Å². The highest BCUT2D eigenvalue weighted by Gasteiger charge is 2.16. The van der Waals surface area contributed by atoms with Gasteiger partial charge in [-0.05, 0) is 51.4 Å². The van der Waals surface area contributed by atoms with Crippen LogP contribution in [0, 0.1) is 0 Å². The Bertz CT molecular complexity index is 999. The van der Waals surface area contributed by atoms with Crippen molar-refractivity contribution < 1.29 is 52.6 Å². The molecular formula is C26H50N6O11S. The maximum atomic E-state index is 12.0. The van der Waals surface area contributed by atoms with Gasteiger partial charge in [-0.1, -0.05) is 6.42 Å². The van der Waals surface area contributed by atoms with Crippen molar-refractivity contribution in [1.82, 2.24) is 25.8 Å². The Morgan fingerprint density at radius 3 is 1.48 bits per heavy atom. The summed E-state index contributed by atoms with van der Waals surface area (Å²) in [5.41, 5.74) is 5.59. The molecule has 0 saturated heterocycles.